The lowest BCUT2D eigenvalue weighted by Crippen LogP contribution is -2.19. The van der Waals surface area contributed by atoms with E-state index in [1.54, 1.807) is 13.3 Å². The molecule has 1 amide bonds. The van der Waals surface area contributed by atoms with Gasteiger partial charge in [0.25, 0.3) is 0 Å². The number of carbonyl (C=O) groups is 1. The second-order valence-corrected chi connectivity index (χ2v) is 4.64. The molecule has 0 radical (unpaired) electrons. The fourth-order valence-corrected chi connectivity index (χ4v) is 2.12. The fraction of sp³-hybridized carbons (Fsp3) is 0.294. The number of hydrogen-bond donors (Lipinski definition) is 1. The van der Waals surface area contributed by atoms with Gasteiger partial charge in [0.2, 0.25) is 5.91 Å². The minimum Gasteiger partial charge on any atom is -0.496 e. The van der Waals surface area contributed by atoms with Gasteiger partial charge in [0.1, 0.15) is 5.75 Å². The molecular weight excluding hydrogens is 280 g/mol. The van der Waals surface area contributed by atoms with E-state index >= 15 is 0 Å². The highest BCUT2D eigenvalue weighted by molar-refractivity contribution is 6.02. The van der Waals surface area contributed by atoms with Crippen molar-refractivity contribution in [3.63, 3.8) is 0 Å². The zero-order valence-corrected chi connectivity index (χ0v) is 12.8. The molecule has 2 rings (SSSR count). The molecule has 0 aromatic heterocycles. The Bertz CT molecular complexity index is 668. The number of ether oxygens (including phenoxy) is 2. The van der Waals surface area contributed by atoms with Gasteiger partial charge in [-0.1, -0.05) is 30.3 Å². The molecule has 0 aliphatic heterocycles. The van der Waals surface area contributed by atoms with Crippen molar-refractivity contribution in [2.45, 2.75) is 13.3 Å². The largest absolute Gasteiger partial charge is 0.496 e. The lowest BCUT2D eigenvalue weighted by atomic mass is 10.0. The predicted molar refractivity (Wildman–Crippen MR) is 87.3 cm³/mol. The summed E-state index contributed by atoms with van der Waals surface area (Å²) in [6.45, 7) is 2.89. The number of benzene rings is 2. The van der Waals surface area contributed by atoms with Crippen molar-refractivity contribution in [3.05, 3.63) is 42.0 Å². The van der Waals surface area contributed by atoms with Crippen molar-refractivity contribution in [3.8, 4) is 5.75 Å². The highest BCUT2D eigenvalue weighted by atomic mass is 16.5. The Kier molecular flexibility index (Phi) is 5.91. The number of hydrogen-bond acceptors (Lipinski definition) is 4. The van der Waals surface area contributed by atoms with Crippen molar-refractivity contribution >= 4 is 22.9 Å². The summed E-state index contributed by atoms with van der Waals surface area (Å²) in [4.78, 5) is 11.6. The SMILES string of the molecule is CCOCCC(=O)N/N=C/c1c(OC)ccc2ccccc12. The van der Waals surface area contributed by atoms with Crippen molar-refractivity contribution in [1.82, 2.24) is 5.43 Å². The van der Waals surface area contributed by atoms with Crippen molar-refractivity contribution < 1.29 is 14.3 Å². The van der Waals surface area contributed by atoms with Crippen LogP contribution in [0.3, 0.4) is 0 Å². The van der Waals surface area contributed by atoms with Gasteiger partial charge >= 0.3 is 0 Å². The lowest BCUT2D eigenvalue weighted by molar-refractivity contribution is -0.122. The van der Waals surface area contributed by atoms with Crippen LogP contribution < -0.4 is 10.2 Å². The van der Waals surface area contributed by atoms with Gasteiger partial charge in [0.15, 0.2) is 0 Å². The van der Waals surface area contributed by atoms with Crippen LogP contribution in [0.5, 0.6) is 5.75 Å². The number of rotatable bonds is 7. The predicted octanol–water partition coefficient (Wildman–Crippen LogP) is 2.73. The zero-order valence-electron chi connectivity index (χ0n) is 12.8. The monoisotopic (exact) mass is 300 g/mol. The fourth-order valence-electron chi connectivity index (χ4n) is 2.12. The number of carbonyl (C=O) groups excluding carboxylic acids is 1. The number of amides is 1. The van der Waals surface area contributed by atoms with Gasteiger partial charge in [-0.15, -0.1) is 0 Å². The van der Waals surface area contributed by atoms with Gasteiger partial charge in [0.05, 0.1) is 26.4 Å². The summed E-state index contributed by atoms with van der Waals surface area (Å²) in [5.41, 5.74) is 3.34. The van der Waals surface area contributed by atoms with E-state index in [2.05, 4.69) is 10.5 Å². The van der Waals surface area contributed by atoms with E-state index in [1.165, 1.54) is 0 Å². The molecule has 0 aliphatic carbocycles. The first kappa shape index (κ1) is 16.0. The van der Waals surface area contributed by atoms with Crippen LogP contribution in [0.15, 0.2) is 41.5 Å². The standard InChI is InChI=1S/C17H20N2O3/c1-3-22-11-10-17(20)19-18-12-15-14-7-5-4-6-13(14)8-9-16(15)21-2/h4-9,12H,3,10-11H2,1-2H3,(H,19,20)/b18-12+. The van der Waals surface area contributed by atoms with Crippen molar-refractivity contribution in [2.75, 3.05) is 20.3 Å². The molecule has 0 heterocycles. The smallest absolute Gasteiger partial charge is 0.242 e. The number of methoxy groups -OCH3 is 1. The summed E-state index contributed by atoms with van der Waals surface area (Å²) in [5, 5.41) is 6.13. The van der Waals surface area contributed by atoms with Crippen LogP contribution in [0.4, 0.5) is 0 Å². The van der Waals surface area contributed by atoms with Gasteiger partial charge in [0, 0.05) is 12.2 Å². The number of fused-ring (bicyclic) bond motifs is 1. The first-order valence-electron chi connectivity index (χ1n) is 7.21. The highest BCUT2D eigenvalue weighted by Crippen LogP contribution is 2.26. The van der Waals surface area contributed by atoms with E-state index in [0.717, 1.165) is 16.3 Å². The summed E-state index contributed by atoms with van der Waals surface area (Å²) < 4.78 is 10.5. The molecule has 0 saturated heterocycles. The molecule has 22 heavy (non-hydrogen) atoms. The van der Waals surface area contributed by atoms with Crippen molar-refractivity contribution in [2.24, 2.45) is 5.10 Å². The maximum Gasteiger partial charge on any atom is 0.242 e. The third kappa shape index (κ3) is 4.05. The third-order valence-electron chi connectivity index (χ3n) is 3.21. The van der Waals surface area contributed by atoms with E-state index in [0.29, 0.717) is 19.0 Å². The first-order chi connectivity index (χ1) is 10.8. The Hall–Kier alpha value is -2.40. The van der Waals surface area contributed by atoms with Crippen LogP contribution in [0.25, 0.3) is 10.8 Å². The summed E-state index contributed by atoms with van der Waals surface area (Å²) in [6.07, 6.45) is 1.90. The summed E-state index contributed by atoms with van der Waals surface area (Å²) in [6, 6.07) is 11.8. The Morgan fingerprint density at radius 3 is 2.86 bits per heavy atom. The van der Waals surface area contributed by atoms with E-state index < -0.39 is 0 Å². The molecule has 2 aromatic carbocycles. The second-order valence-electron chi connectivity index (χ2n) is 4.64. The van der Waals surface area contributed by atoms with E-state index in [1.807, 2.05) is 43.3 Å². The highest BCUT2D eigenvalue weighted by Gasteiger charge is 2.06. The molecule has 0 atom stereocenters. The number of nitrogens with one attached hydrogen (secondary N) is 1. The van der Waals surface area contributed by atoms with Crippen LogP contribution in [0.2, 0.25) is 0 Å². The molecule has 0 unspecified atom stereocenters. The minimum atomic E-state index is -0.177. The van der Waals surface area contributed by atoms with E-state index in [4.69, 9.17) is 9.47 Å². The summed E-state index contributed by atoms with van der Waals surface area (Å²) in [5.74, 6) is 0.537. The van der Waals surface area contributed by atoms with Crippen LogP contribution in [-0.4, -0.2) is 32.4 Å². The average Bonchev–Trinajstić information content (AvgIpc) is 2.55. The quantitative estimate of drug-likeness (QED) is 0.486. The second kappa shape index (κ2) is 8.14. The van der Waals surface area contributed by atoms with E-state index in [-0.39, 0.29) is 12.3 Å². The maximum atomic E-state index is 11.6. The molecule has 116 valence electrons. The maximum absolute atomic E-state index is 11.6. The molecular formula is C17H20N2O3. The van der Waals surface area contributed by atoms with Crippen LogP contribution in [0, 0.1) is 0 Å². The molecule has 0 saturated carbocycles. The molecule has 0 bridgehead atoms. The molecule has 1 N–H and O–H groups in total. The zero-order chi connectivity index (χ0) is 15.8. The van der Waals surface area contributed by atoms with Crippen LogP contribution >= 0.6 is 0 Å². The molecule has 5 heteroatoms. The molecule has 0 spiro atoms. The summed E-state index contributed by atoms with van der Waals surface area (Å²) in [7, 11) is 1.61. The Morgan fingerprint density at radius 1 is 1.27 bits per heavy atom. The Balaban J connectivity index is 2.13. The molecule has 0 aliphatic rings. The lowest BCUT2D eigenvalue weighted by Gasteiger charge is -2.08. The average molecular weight is 300 g/mol. The van der Waals surface area contributed by atoms with Gasteiger partial charge in [-0.3, -0.25) is 4.79 Å². The molecule has 2 aromatic rings. The first-order valence-corrected chi connectivity index (χ1v) is 7.21. The Morgan fingerprint density at radius 2 is 2.09 bits per heavy atom. The summed E-state index contributed by atoms with van der Waals surface area (Å²) >= 11 is 0. The number of hydrazone groups is 1. The van der Waals surface area contributed by atoms with Crippen molar-refractivity contribution in [1.29, 1.82) is 0 Å². The van der Waals surface area contributed by atoms with Crippen LogP contribution in [-0.2, 0) is 9.53 Å². The van der Waals surface area contributed by atoms with Crippen LogP contribution in [0.1, 0.15) is 18.9 Å². The minimum absolute atomic E-state index is 0.177. The van der Waals surface area contributed by atoms with Gasteiger partial charge in [-0.2, -0.15) is 5.10 Å². The van der Waals surface area contributed by atoms with E-state index in [9.17, 15) is 4.79 Å². The van der Waals surface area contributed by atoms with Gasteiger partial charge in [-0.25, -0.2) is 5.43 Å². The third-order valence-corrected chi connectivity index (χ3v) is 3.21. The normalized spacial score (nSPS) is 11.0. The topological polar surface area (TPSA) is 59.9 Å². The van der Waals surface area contributed by atoms with Gasteiger partial charge in [-0.05, 0) is 23.8 Å². The number of nitrogens with zero attached hydrogens (tertiary/aromatic N) is 1. The Labute approximate surface area is 129 Å². The molecule has 0 fully saturated rings. The molecule has 5 nitrogen and oxygen atoms in total. The van der Waals surface area contributed by atoms with Gasteiger partial charge < -0.3 is 9.47 Å².